The van der Waals surface area contributed by atoms with Gasteiger partial charge in [0.2, 0.25) is 0 Å². The largest absolute Gasteiger partial charge is 0.381 e. The zero-order valence-corrected chi connectivity index (χ0v) is 18.0. The Labute approximate surface area is 178 Å². The molecule has 1 atom stereocenters. The Kier molecular flexibility index (Phi) is 6.95. The number of nitrogens with zero attached hydrogens (tertiary/aromatic N) is 2. The maximum absolute atomic E-state index is 6.15. The Hall–Kier alpha value is -1.76. The number of hydrogen-bond acceptors (Lipinski definition) is 3. The molecule has 2 aliphatic rings. The Morgan fingerprint density at radius 1 is 1.31 bits per heavy atom. The van der Waals surface area contributed by atoms with Gasteiger partial charge in [0.15, 0.2) is 5.96 Å². The van der Waals surface area contributed by atoms with Crippen LogP contribution in [0, 0.1) is 5.92 Å². The van der Waals surface area contributed by atoms with Gasteiger partial charge in [0.1, 0.15) is 0 Å². The van der Waals surface area contributed by atoms with Crippen molar-refractivity contribution in [2.45, 2.75) is 31.7 Å². The van der Waals surface area contributed by atoms with Crippen LogP contribution in [0.15, 0.2) is 29.4 Å². The molecule has 2 saturated heterocycles. The lowest BCUT2D eigenvalue weighted by Gasteiger charge is -2.34. The molecule has 0 radical (unpaired) electrons. The number of aromatic nitrogens is 1. The molecule has 2 aromatic rings. The van der Waals surface area contributed by atoms with Crippen molar-refractivity contribution in [3.8, 4) is 0 Å². The number of benzene rings is 1. The third-order valence-corrected chi connectivity index (χ3v) is 6.34. The van der Waals surface area contributed by atoms with Crippen molar-refractivity contribution in [3.63, 3.8) is 0 Å². The lowest BCUT2D eigenvalue weighted by atomic mass is 10.0. The molecule has 3 heterocycles. The Morgan fingerprint density at radius 3 is 2.93 bits per heavy atom. The molecule has 2 aliphatic heterocycles. The van der Waals surface area contributed by atoms with E-state index in [1.807, 2.05) is 25.2 Å². The van der Waals surface area contributed by atoms with Gasteiger partial charge in [-0.05, 0) is 55.4 Å². The molecule has 2 fully saturated rings. The maximum Gasteiger partial charge on any atom is 0.191 e. The number of nitrogens with one attached hydrogen (secondary N) is 3. The number of hydrogen-bond donors (Lipinski definition) is 3. The standard InChI is InChI=1S/C22H32ClN5O/c1-24-22(25-8-4-17-13-26-21-3-2-18(23)12-20(17)21)27-19-5-9-28(10-6-19)14-16-7-11-29-15-16/h2-3,12-13,16,19,26H,4-11,14-15H2,1H3,(H2,24,25,27). The van der Waals surface area contributed by atoms with E-state index in [9.17, 15) is 0 Å². The number of halogens is 1. The number of likely N-dealkylation sites (tertiary alicyclic amines) is 1. The van der Waals surface area contributed by atoms with E-state index < -0.39 is 0 Å². The van der Waals surface area contributed by atoms with Gasteiger partial charge >= 0.3 is 0 Å². The molecule has 6 nitrogen and oxygen atoms in total. The van der Waals surface area contributed by atoms with E-state index in [0.717, 1.165) is 74.5 Å². The fourth-order valence-electron chi connectivity index (χ4n) is 4.41. The predicted molar refractivity (Wildman–Crippen MR) is 120 cm³/mol. The number of fused-ring (bicyclic) bond motifs is 1. The molecule has 0 aliphatic carbocycles. The first-order valence-corrected chi connectivity index (χ1v) is 11.1. The highest BCUT2D eigenvalue weighted by Gasteiger charge is 2.24. The van der Waals surface area contributed by atoms with E-state index in [2.05, 4.69) is 31.7 Å². The van der Waals surface area contributed by atoms with E-state index in [-0.39, 0.29) is 0 Å². The van der Waals surface area contributed by atoms with E-state index in [0.29, 0.717) is 6.04 Å². The summed E-state index contributed by atoms with van der Waals surface area (Å²) < 4.78 is 5.51. The predicted octanol–water partition coefficient (Wildman–Crippen LogP) is 3.03. The normalized spacial score (nSPS) is 21.7. The summed E-state index contributed by atoms with van der Waals surface area (Å²) >= 11 is 6.15. The zero-order valence-electron chi connectivity index (χ0n) is 17.2. The topological polar surface area (TPSA) is 64.7 Å². The molecule has 1 aromatic carbocycles. The van der Waals surface area contributed by atoms with Gasteiger partial charge in [-0.15, -0.1) is 0 Å². The molecule has 3 N–H and O–H groups in total. The van der Waals surface area contributed by atoms with E-state index in [1.54, 1.807) is 0 Å². The minimum atomic E-state index is 0.490. The second-order valence-electron chi connectivity index (χ2n) is 8.20. The molecule has 0 bridgehead atoms. The quantitative estimate of drug-likeness (QED) is 0.499. The van der Waals surface area contributed by atoms with Crippen molar-refractivity contribution >= 4 is 28.5 Å². The summed E-state index contributed by atoms with van der Waals surface area (Å²) in [6, 6.07) is 6.47. The highest BCUT2D eigenvalue weighted by molar-refractivity contribution is 6.31. The van der Waals surface area contributed by atoms with E-state index in [4.69, 9.17) is 16.3 Å². The van der Waals surface area contributed by atoms with Crippen molar-refractivity contribution in [3.05, 3.63) is 35.0 Å². The summed E-state index contributed by atoms with van der Waals surface area (Å²) in [7, 11) is 1.84. The van der Waals surface area contributed by atoms with Crippen LogP contribution in [-0.2, 0) is 11.2 Å². The van der Waals surface area contributed by atoms with Crippen LogP contribution in [0.25, 0.3) is 10.9 Å². The Morgan fingerprint density at radius 2 is 2.17 bits per heavy atom. The summed E-state index contributed by atoms with van der Waals surface area (Å²) in [5, 5.41) is 9.04. The van der Waals surface area contributed by atoms with Crippen LogP contribution in [0.1, 0.15) is 24.8 Å². The fraction of sp³-hybridized carbons (Fsp3) is 0.591. The van der Waals surface area contributed by atoms with Crippen molar-refractivity contribution in [2.24, 2.45) is 10.9 Å². The highest BCUT2D eigenvalue weighted by Crippen LogP contribution is 2.22. The number of rotatable bonds is 6. The second kappa shape index (κ2) is 9.83. The monoisotopic (exact) mass is 417 g/mol. The molecule has 7 heteroatoms. The summed E-state index contributed by atoms with van der Waals surface area (Å²) in [6.45, 7) is 6.21. The summed E-state index contributed by atoms with van der Waals surface area (Å²) in [4.78, 5) is 10.3. The lowest BCUT2D eigenvalue weighted by molar-refractivity contribution is 0.150. The molecule has 0 spiro atoms. The highest BCUT2D eigenvalue weighted by atomic mass is 35.5. The minimum absolute atomic E-state index is 0.490. The molecular weight excluding hydrogens is 386 g/mol. The van der Waals surface area contributed by atoms with Gasteiger partial charge in [-0.25, -0.2) is 0 Å². The third kappa shape index (κ3) is 5.44. The zero-order chi connectivity index (χ0) is 20.1. The number of ether oxygens (including phenoxy) is 1. The number of aromatic amines is 1. The molecule has 1 unspecified atom stereocenters. The first-order valence-electron chi connectivity index (χ1n) is 10.7. The van der Waals surface area contributed by atoms with Gasteiger partial charge in [-0.3, -0.25) is 4.99 Å². The number of aliphatic imine (C=N–C) groups is 1. The first-order chi connectivity index (χ1) is 14.2. The SMILES string of the molecule is CN=C(NCCc1c[nH]c2ccc(Cl)cc12)NC1CCN(CC2CCOC2)CC1. The van der Waals surface area contributed by atoms with Crippen LogP contribution >= 0.6 is 11.6 Å². The third-order valence-electron chi connectivity index (χ3n) is 6.11. The van der Waals surface area contributed by atoms with E-state index >= 15 is 0 Å². The van der Waals surface area contributed by atoms with Gasteiger partial charge in [0, 0.05) is 68.0 Å². The van der Waals surface area contributed by atoms with Crippen LogP contribution in [0.3, 0.4) is 0 Å². The smallest absolute Gasteiger partial charge is 0.191 e. The lowest BCUT2D eigenvalue weighted by Crippen LogP contribution is -2.49. The summed E-state index contributed by atoms with van der Waals surface area (Å²) in [5.41, 5.74) is 2.40. The van der Waals surface area contributed by atoms with E-state index in [1.165, 1.54) is 23.9 Å². The van der Waals surface area contributed by atoms with Crippen molar-refractivity contribution < 1.29 is 4.74 Å². The van der Waals surface area contributed by atoms with Gasteiger partial charge in [0.05, 0.1) is 6.61 Å². The summed E-state index contributed by atoms with van der Waals surface area (Å²) in [6.07, 6.45) is 6.54. The molecule has 1 aromatic heterocycles. The van der Waals surface area contributed by atoms with Crippen molar-refractivity contribution in [1.82, 2.24) is 20.5 Å². The molecule has 0 saturated carbocycles. The first kappa shape index (κ1) is 20.5. The van der Waals surface area contributed by atoms with Gasteiger partial charge in [-0.2, -0.15) is 0 Å². The number of piperidine rings is 1. The fourth-order valence-corrected chi connectivity index (χ4v) is 4.59. The number of guanidine groups is 1. The summed E-state index contributed by atoms with van der Waals surface area (Å²) in [5.74, 6) is 1.62. The van der Waals surface area contributed by atoms with Crippen LogP contribution in [-0.4, -0.2) is 68.3 Å². The van der Waals surface area contributed by atoms with Crippen molar-refractivity contribution in [1.29, 1.82) is 0 Å². The average molecular weight is 418 g/mol. The van der Waals surface area contributed by atoms with Crippen LogP contribution in [0.4, 0.5) is 0 Å². The van der Waals surface area contributed by atoms with Gasteiger partial charge < -0.3 is 25.3 Å². The van der Waals surface area contributed by atoms with Crippen LogP contribution < -0.4 is 10.6 Å². The van der Waals surface area contributed by atoms with Crippen molar-refractivity contribution in [2.75, 3.05) is 46.4 Å². The van der Waals surface area contributed by atoms with Gasteiger partial charge in [-0.1, -0.05) is 11.6 Å². The second-order valence-corrected chi connectivity index (χ2v) is 8.64. The molecule has 158 valence electrons. The van der Waals surface area contributed by atoms with Crippen LogP contribution in [0.5, 0.6) is 0 Å². The Balaban J connectivity index is 1.20. The molecule has 0 amide bonds. The molecule has 4 rings (SSSR count). The maximum atomic E-state index is 6.15. The van der Waals surface area contributed by atoms with Gasteiger partial charge in [0.25, 0.3) is 0 Å². The number of H-pyrrole nitrogens is 1. The Bertz CT molecular complexity index is 822. The molecule has 29 heavy (non-hydrogen) atoms. The average Bonchev–Trinajstić information content (AvgIpc) is 3.38. The minimum Gasteiger partial charge on any atom is -0.381 e. The van der Waals surface area contributed by atoms with Crippen LogP contribution in [0.2, 0.25) is 5.02 Å². The molecular formula is C22H32ClN5O.